The first kappa shape index (κ1) is 17.3. The second-order valence-corrected chi connectivity index (χ2v) is 5.57. The minimum absolute atomic E-state index is 0.00168. The van der Waals surface area contributed by atoms with E-state index in [4.69, 9.17) is 9.15 Å². The lowest BCUT2D eigenvalue weighted by Crippen LogP contribution is -2.06. The molecule has 0 amide bonds. The minimum Gasteiger partial charge on any atom is -0.461 e. The standard InChI is InChI=1S/C19H16N2O5/c22-19(25-13-14-6-8-16(9-7-14)21(23)24)11-10-18-20-12-17(26-18)15-4-2-1-3-5-15/h1-9,12H,10-11,13H2. The van der Waals surface area contributed by atoms with E-state index in [0.717, 1.165) is 5.56 Å². The lowest BCUT2D eigenvalue weighted by atomic mass is 10.2. The Morgan fingerprint density at radius 2 is 1.85 bits per heavy atom. The van der Waals surface area contributed by atoms with Crippen molar-refractivity contribution in [3.63, 3.8) is 0 Å². The second-order valence-electron chi connectivity index (χ2n) is 5.57. The van der Waals surface area contributed by atoms with Gasteiger partial charge in [0.05, 0.1) is 17.5 Å². The van der Waals surface area contributed by atoms with Gasteiger partial charge < -0.3 is 9.15 Å². The molecule has 1 aromatic heterocycles. The highest BCUT2D eigenvalue weighted by atomic mass is 16.6. The fourth-order valence-corrected chi connectivity index (χ4v) is 2.32. The number of carbonyl (C=O) groups excluding carboxylic acids is 1. The maximum Gasteiger partial charge on any atom is 0.306 e. The maximum atomic E-state index is 11.8. The van der Waals surface area contributed by atoms with Crippen LogP contribution in [0.15, 0.2) is 65.2 Å². The molecule has 7 nitrogen and oxygen atoms in total. The molecule has 3 rings (SSSR count). The molecule has 0 aliphatic carbocycles. The Bertz CT molecular complexity index is 888. The minimum atomic E-state index is -0.476. The molecule has 3 aromatic rings. The van der Waals surface area contributed by atoms with Gasteiger partial charge in [0.1, 0.15) is 6.61 Å². The fraction of sp³-hybridized carbons (Fsp3) is 0.158. The van der Waals surface area contributed by atoms with E-state index in [-0.39, 0.29) is 24.7 Å². The molecule has 0 bridgehead atoms. The van der Waals surface area contributed by atoms with Gasteiger partial charge in [-0.15, -0.1) is 0 Å². The molecule has 7 heteroatoms. The molecule has 0 atom stereocenters. The predicted octanol–water partition coefficient (Wildman–Crippen LogP) is 3.93. The van der Waals surface area contributed by atoms with Crippen LogP contribution >= 0.6 is 0 Å². The Hall–Kier alpha value is -3.48. The van der Waals surface area contributed by atoms with E-state index in [1.165, 1.54) is 12.1 Å². The van der Waals surface area contributed by atoms with Crippen LogP contribution in [-0.2, 0) is 22.6 Å². The van der Waals surface area contributed by atoms with Gasteiger partial charge in [0.25, 0.3) is 5.69 Å². The smallest absolute Gasteiger partial charge is 0.306 e. The zero-order valence-electron chi connectivity index (χ0n) is 13.8. The molecule has 0 spiro atoms. The topological polar surface area (TPSA) is 95.5 Å². The van der Waals surface area contributed by atoms with Crippen molar-refractivity contribution in [2.45, 2.75) is 19.4 Å². The van der Waals surface area contributed by atoms with Crippen molar-refractivity contribution in [2.75, 3.05) is 0 Å². The van der Waals surface area contributed by atoms with Crippen molar-refractivity contribution in [1.82, 2.24) is 4.98 Å². The number of benzene rings is 2. The average molecular weight is 352 g/mol. The third-order valence-corrected chi connectivity index (χ3v) is 3.70. The number of esters is 1. The number of hydrogen-bond acceptors (Lipinski definition) is 6. The fourth-order valence-electron chi connectivity index (χ4n) is 2.32. The van der Waals surface area contributed by atoms with Crippen molar-refractivity contribution in [3.8, 4) is 11.3 Å². The Balaban J connectivity index is 1.47. The number of nitrogens with zero attached hydrogens (tertiary/aromatic N) is 2. The van der Waals surface area contributed by atoms with E-state index in [0.29, 0.717) is 23.6 Å². The van der Waals surface area contributed by atoms with Gasteiger partial charge in [-0.2, -0.15) is 0 Å². The first-order valence-electron chi connectivity index (χ1n) is 8.01. The van der Waals surface area contributed by atoms with Crippen LogP contribution < -0.4 is 0 Å². The Morgan fingerprint density at radius 1 is 1.12 bits per heavy atom. The number of non-ortho nitro benzene ring substituents is 1. The van der Waals surface area contributed by atoms with Gasteiger partial charge in [0, 0.05) is 24.1 Å². The molecule has 0 aliphatic rings. The highest BCUT2D eigenvalue weighted by Gasteiger charge is 2.10. The molecule has 0 unspecified atom stereocenters. The first-order valence-corrected chi connectivity index (χ1v) is 8.01. The van der Waals surface area contributed by atoms with Crippen molar-refractivity contribution in [1.29, 1.82) is 0 Å². The zero-order valence-corrected chi connectivity index (χ0v) is 13.8. The molecule has 1 heterocycles. The highest BCUT2D eigenvalue weighted by Crippen LogP contribution is 2.20. The number of hydrogen-bond donors (Lipinski definition) is 0. The van der Waals surface area contributed by atoms with Crippen LogP contribution in [0.25, 0.3) is 11.3 Å². The summed E-state index contributed by atoms with van der Waals surface area (Å²) >= 11 is 0. The predicted molar refractivity (Wildman–Crippen MR) is 93.2 cm³/mol. The third-order valence-electron chi connectivity index (χ3n) is 3.70. The monoisotopic (exact) mass is 352 g/mol. The summed E-state index contributed by atoms with van der Waals surface area (Å²) in [5.41, 5.74) is 1.61. The van der Waals surface area contributed by atoms with Gasteiger partial charge in [-0.25, -0.2) is 4.98 Å². The summed E-state index contributed by atoms with van der Waals surface area (Å²) in [5, 5.41) is 10.6. The molecule has 0 saturated heterocycles. The Kier molecular flexibility index (Phi) is 5.38. The number of rotatable bonds is 7. The summed E-state index contributed by atoms with van der Waals surface area (Å²) < 4.78 is 10.8. The van der Waals surface area contributed by atoms with Gasteiger partial charge in [-0.05, 0) is 17.7 Å². The maximum absolute atomic E-state index is 11.8. The van der Waals surface area contributed by atoms with Gasteiger partial charge in [0.2, 0.25) is 0 Å². The SMILES string of the molecule is O=C(CCc1ncc(-c2ccccc2)o1)OCc1ccc([N+](=O)[O-])cc1. The number of aromatic nitrogens is 1. The summed E-state index contributed by atoms with van der Waals surface area (Å²) in [5.74, 6) is 0.735. The van der Waals surface area contributed by atoms with E-state index >= 15 is 0 Å². The Labute approximate surface area is 149 Å². The van der Waals surface area contributed by atoms with E-state index in [9.17, 15) is 14.9 Å². The highest BCUT2D eigenvalue weighted by molar-refractivity contribution is 5.69. The molecule has 0 saturated carbocycles. The van der Waals surface area contributed by atoms with Gasteiger partial charge in [0.15, 0.2) is 11.7 Å². The van der Waals surface area contributed by atoms with E-state index in [2.05, 4.69) is 4.98 Å². The quantitative estimate of drug-likeness (QED) is 0.363. The normalized spacial score (nSPS) is 10.5. The molecule has 0 N–H and O–H groups in total. The number of oxazole rings is 1. The van der Waals surface area contributed by atoms with Crippen LogP contribution in [0.4, 0.5) is 5.69 Å². The first-order chi connectivity index (χ1) is 12.6. The van der Waals surface area contributed by atoms with Gasteiger partial charge >= 0.3 is 5.97 Å². The molecular formula is C19H16N2O5. The summed E-state index contributed by atoms with van der Waals surface area (Å²) in [6.07, 6.45) is 2.11. The van der Waals surface area contributed by atoms with Gasteiger partial charge in [-0.1, -0.05) is 30.3 Å². The lowest BCUT2D eigenvalue weighted by Gasteiger charge is -2.04. The average Bonchev–Trinajstić information content (AvgIpc) is 3.15. The van der Waals surface area contributed by atoms with Gasteiger partial charge in [-0.3, -0.25) is 14.9 Å². The third kappa shape index (κ3) is 4.54. The Morgan fingerprint density at radius 3 is 2.54 bits per heavy atom. The van der Waals surface area contributed by atoms with Crippen LogP contribution in [0.1, 0.15) is 17.9 Å². The van der Waals surface area contributed by atoms with Crippen LogP contribution in [-0.4, -0.2) is 15.9 Å². The molecule has 0 fully saturated rings. The molecule has 0 radical (unpaired) electrons. The molecule has 26 heavy (non-hydrogen) atoms. The summed E-state index contributed by atoms with van der Waals surface area (Å²) in [6.45, 7) is 0.0671. The van der Waals surface area contributed by atoms with Crippen LogP contribution in [0, 0.1) is 10.1 Å². The van der Waals surface area contributed by atoms with Crippen LogP contribution in [0.3, 0.4) is 0 Å². The van der Waals surface area contributed by atoms with Crippen LogP contribution in [0.5, 0.6) is 0 Å². The van der Waals surface area contributed by atoms with E-state index < -0.39 is 4.92 Å². The molecule has 132 valence electrons. The van der Waals surface area contributed by atoms with Crippen molar-refractivity contribution in [2.24, 2.45) is 0 Å². The second kappa shape index (κ2) is 8.06. The molecule has 0 aliphatic heterocycles. The number of nitro benzene ring substituents is 1. The zero-order chi connectivity index (χ0) is 18.4. The van der Waals surface area contributed by atoms with Crippen molar-refractivity contribution >= 4 is 11.7 Å². The van der Waals surface area contributed by atoms with Crippen molar-refractivity contribution < 1.29 is 18.9 Å². The van der Waals surface area contributed by atoms with E-state index in [1.807, 2.05) is 30.3 Å². The summed E-state index contributed by atoms with van der Waals surface area (Å²) in [6, 6.07) is 15.5. The van der Waals surface area contributed by atoms with E-state index in [1.54, 1.807) is 18.3 Å². The lowest BCUT2D eigenvalue weighted by molar-refractivity contribution is -0.384. The molecular weight excluding hydrogens is 336 g/mol. The largest absolute Gasteiger partial charge is 0.461 e. The number of nitro groups is 1. The molecule has 2 aromatic carbocycles. The summed E-state index contributed by atoms with van der Waals surface area (Å²) in [7, 11) is 0. The number of ether oxygens (including phenoxy) is 1. The number of aryl methyl sites for hydroxylation is 1. The number of carbonyl (C=O) groups is 1. The summed E-state index contributed by atoms with van der Waals surface area (Å²) in [4.78, 5) is 26.1. The van der Waals surface area contributed by atoms with Crippen LogP contribution in [0.2, 0.25) is 0 Å². The van der Waals surface area contributed by atoms with Crippen molar-refractivity contribution in [3.05, 3.63) is 82.4 Å².